The van der Waals surface area contributed by atoms with E-state index in [2.05, 4.69) is 20.2 Å². The van der Waals surface area contributed by atoms with E-state index >= 15 is 0 Å². The van der Waals surface area contributed by atoms with Crippen molar-refractivity contribution in [1.29, 1.82) is 0 Å². The Morgan fingerprint density at radius 2 is 1.88 bits per heavy atom. The molecule has 1 atom stereocenters. The van der Waals surface area contributed by atoms with Crippen molar-refractivity contribution >= 4 is 10.0 Å². The van der Waals surface area contributed by atoms with E-state index in [1.54, 1.807) is 18.2 Å². The standard InChI is InChI=1S/C17H20N6O2S/c1-22(2)12-17(14-7-4-3-5-8-14)19-26(24,25)16-10-6-9-15(11-16)23-13-18-20-21-23/h3-11,13,17,19H,12H2,1-2H3. The van der Waals surface area contributed by atoms with Gasteiger partial charge in [0.05, 0.1) is 16.6 Å². The zero-order valence-corrected chi connectivity index (χ0v) is 15.3. The van der Waals surface area contributed by atoms with Crippen molar-refractivity contribution in [2.45, 2.75) is 10.9 Å². The van der Waals surface area contributed by atoms with Gasteiger partial charge in [0.2, 0.25) is 10.0 Å². The van der Waals surface area contributed by atoms with Gasteiger partial charge in [0.1, 0.15) is 6.33 Å². The van der Waals surface area contributed by atoms with Crippen molar-refractivity contribution in [3.05, 3.63) is 66.5 Å². The molecular weight excluding hydrogens is 352 g/mol. The van der Waals surface area contributed by atoms with Gasteiger partial charge in [0, 0.05) is 6.54 Å². The van der Waals surface area contributed by atoms with Crippen LogP contribution in [0.1, 0.15) is 11.6 Å². The van der Waals surface area contributed by atoms with E-state index in [1.807, 2.05) is 49.3 Å². The smallest absolute Gasteiger partial charge is 0.241 e. The average Bonchev–Trinajstić information content (AvgIpc) is 3.16. The van der Waals surface area contributed by atoms with E-state index in [-0.39, 0.29) is 10.9 Å². The van der Waals surface area contributed by atoms with Crippen LogP contribution in [0.25, 0.3) is 5.69 Å². The van der Waals surface area contributed by atoms with Gasteiger partial charge in [-0.2, -0.15) is 0 Å². The van der Waals surface area contributed by atoms with E-state index in [4.69, 9.17) is 0 Å². The SMILES string of the molecule is CN(C)CC(NS(=O)(=O)c1cccc(-n2cnnn2)c1)c1ccccc1. The summed E-state index contributed by atoms with van der Waals surface area (Å²) in [6.07, 6.45) is 1.41. The molecule has 9 heteroatoms. The summed E-state index contributed by atoms with van der Waals surface area (Å²) in [5, 5.41) is 10.9. The van der Waals surface area contributed by atoms with Gasteiger partial charge in [0.15, 0.2) is 0 Å². The van der Waals surface area contributed by atoms with Crippen LogP contribution in [0.15, 0.2) is 65.8 Å². The van der Waals surface area contributed by atoms with Crippen LogP contribution in [0.3, 0.4) is 0 Å². The lowest BCUT2D eigenvalue weighted by Gasteiger charge is -2.23. The van der Waals surface area contributed by atoms with Gasteiger partial charge >= 0.3 is 0 Å². The highest BCUT2D eigenvalue weighted by Crippen LogP contribution is 2.19. The molecule has 8 nitrogen and oxygen atoms in total. The second-order valence-electron chi connectivity index (χ2n) is 6.10. The minimum absolute atomic E-state index is 0.158. The monoisotopic (exact) mass is 372 g/mol. The molecule has 1 aromatic heterocycles. The van der Waals surface area contributed by atoms with Crippen molar-refractivity contribution < 1.29 is 8.42 Å². The number of rotatable bonds is 7. The highest BCUT2D eigenvalue weighted by Gasteiger charge is 2.22. The third-order valence-corrected chi connectivity index (χ3v) is 5.26. The quantitative estimate of drug-likeness (QED) is 0.671. The van der Waals surface area contributed by atoms with Crippen LogP contribution in [0.5, 0.6) is 0 Å². The second kappa shape index (κ2) is 7.73. The largest absolute Gasteiger partial charge is 0.307 e. The normalized spacial score (nSPS) is 13.0. The molecule has 0 aliphatic heterocycles. The summed E-state index contributed by atoms with van der Waals surface area (Å²) in [5.41, 5.74) is 1.48. The summed E-state index contributed by atoms with van der Waals surface area (Å²) in [4.78, 5) is 2.10. The fourth-order valence-corrected chi connectivity index (χ4v) is 3.84. The first-order valence-corrected chi connectivity index (χ1v) is 9.49. The first-order valence-electron chi connectivity index (χ1n) is 8.01. The highest BCUT2D eigenvalue weighted by molar-refractivity contribution is 7.89. The third-order valence-electron chi connectivity index (χ3n) is 3.79. The molecule has 0 saturated carbocycles. The molecule has 0 spiro atoms. The highest BCUT2D eigenvalue weighted by atomic mass is 32.2. The van der Waals surface area contributed by atoms with Gasteiger partial charge < -0.3 is 4.90 Å². The molecule has 1 heterocycles. The molecule has 0 aliphatic carbocycles. The number of nitrogens with one attached hydrogen (secondary N) is 1. The fourth-order valence-electron chi connectivity index (χ4n) is 2.59. The van der Waals surface area contributed by atoms with Gasteiger partial charge in [-0.3, -0.25) is 0 Å². The lowest BCUT2D eigenvalue weighted by atomic mass is 10.1. The lowest BCUT2D eigenvalue weighted by molar-refractivity contribution is 0.363. The lowest BCUT2D eigenvalue weighted by Crippen LogP contribution is -2.35. The fraction of sp³-hybridized carbons (Fsp3) is 0.235. The molecule has 3 rings (SSSR count). The number of benzene rings is 2. The van der Waals surface area contributed by atoms with Crippen molar-refractivity contribution in [2.24, 2.45) is 0 Å². The molecule has 0 radical (unpaired) electrons. The minimum Gasteiger partial charge on any atom is -0.307 e. The van der Waals surface area contributed by atoms with Crippen molar-refractivity contribution in [3.63, 3.8) is 0 Å². The second-order valence-corrected chi connectivity index (χ2v) is 7.81. The van der Waals surface area contributed by atoms with Crippen LogP contribution in [0.2, 0.25) is 0 Å². The zero-order valence-electron chi connectivity index (χ0n) is 14.5. The van der Waals surface area contributed by atoms with E-state index in [1.165, 1.54) is 17.1 Å². The van der Waals surface area contributed by atoms with Gasteiger partial charge in [-0.1, -0.05) is 36.4 Å². The molecule has 1 N–H and O–H groups in total. The van der Waals surface area contributed by atoms with Crippen molar-refractivity contribution in [1.82, 2.24) is 29.8 Å². The van der Waals surface area contributed by atoms with Gasteiger partial charge in [-0.05, 0) is 48.3 Å². The number of tetrazole rings is 1. The topological polar surface area (TPSA) is 93.0 Å². The maximum Gasteiger partial charge on any atom is 0.241 e. The van der Waals surface area contributed by atoms with Crippen molar-refractivity contribution in [3.8, 4) is 5.69 Å². The van der Waals surface area contributed by atoms with Crippen LogP contribution < -0.4 is 4.72 Å². The van der Waals surface area contributed by atoms with Crippen LogP contribution in [-0.2, 0) is 10.0 Å². The zero-order chi connectivity index (χ0) is 18.6. The summed E-state index contributed by atoms with van der Waals surface area (Å²) in [6.45, 7) is 0.538. The van der Waals surface area contributed by atoms with Crippen LogP contribution >= 0.6 is 0 Å². The maximum atomic E-state index is 12.9. The maximum absolute atomic E-state index is 12.9. The number of sulfonamides is 1. The Labute approximate surface area is 152 Å². The van der Waals surface area contributed by atoms with E-state index < -0.39 is 10.0 Å². The van der Waals surface area contributed by atoms with E-state index in [0.29, 0.717) is 12.2 Å². The Morgan fingerprint density at radius 1 is 1.12 bits per heavy atom. The van der Waals surface area contributed by atoms with Crippen LogP contribution in [0.4, 0.5) is 0 Å². The molecule has 0 bridgehead atoms. The van der Waals surface area contributed by atoms with E-state index in [9.17, 15) is 8.42 Å². The Hall–Kier alpha value is -2.62. The predicted octanol–water partition coefficient (Wildman–Crippen LogP) is 1.24. The van der Waals surface area contributed by atoms with E-state index in [0.717, 1.165) is 5.56 Å². The predicted molar refractivity (Wildman–Crippen MR) is 97.2 cm³/mol. The molecule has 26 heavy (non-hydrogen) atoms. The first kappa shape index (κ1) is 18.2. The molecule has 2 aromatic carbocycles. The Bertz CT molecular complexity index is 942. The Balaban J connectivity index is 1.90. The first-order chi connectivity index (χ1) is 12.5. The average molecular weight is 372 g/mol. The minimum atomic E-state index is -3.73. The molecule has 0 aliphatic rings. The number of hydrogen-bond acceptors (Lipinski definition) is 6. The number of nitrogens with zero attached hydrogens (tertiary/aromatic N) is 5. The number of aromatic nitrogens is 4. The van der Waals surface area contributed by atoms with Gasteiger partial charge in [-0.15, -0.1) is 5.10 Å². The molecular formula is C17H20N6O2S. The summed E-state index contributed by atoms with van der Waals surface area (Å²) >= 11 is 0. The molecule has 136 valence electrons. The summed E-state index contributed by atoms with van der Waals surface area (Å²) in [5.74, 6) is 0. The van der Waals surface area contributed by atoms with Gasteiger partial charge in [0.25, 0.3) is 0 Å². The van der Waals surface area contributed by atoms with Crippen molar-refractivity contribution in [2.75, 3.05) is 20.6 Å². The van der Waals surface area contributed by atoms with Crippen LogP contribution in [-0.4, -0.2) is 54.2 Å². The van der Waals surface area contributed by atoms with Crippen LogP contribution in [0, 0.1) is 0 Å². The summed E-state index contributed by atoms with van der Waals surface area (Å²) in [6, 6.07) is 15.6. The number of likely N-dealkylation sites (N-methyl/N-ethyl adjacent to an activating group) is 1. The molecule has 3 aromatic rings. The molecule has 0 fully saturated rings. The van der Waals surface area contributed by atoms with Gasteiger partial charge in [-0.25, -0.2) is 17.8 Å². The molecule has 1 unspecified atom stereocenters. The number of hydrogen-bond donors (Lipinski definition) is 1. The third kappa shape index (κ3) is 4.31. The molecule has 0 saturated heterocycles. The molecule has 0 amide bonds. The Morgan fingerprint density at radius 3 is 2.54 bits per heavy atom. The Kier molecular flexibility index (Phi) is 5.40. The summed E-state index contributed by atoms with van der Waals surface area (Å²) in [7, 11) is 0.0852. The summed E-state index contributed by atoms with van der Waals surface area (Å²) < 4.78 is 30.1.